The van der Waals surface area contributed by atoms with Gasteiger partial charge >= 0.3 is 0 Å². The molecule has 0 aromatic heterocycles. The second kappa shape index (κ2) is 44.5. The molecule has 0 aromatic carbocycles. The van der Waals surface area contributed by atoms with Crippen LogP contribution in [-0.4, -0.2) is 95.9 Å². The summed E-state index contributed by atoms with van der Waals surface area (Å²) in [5.74, 6) is 1.75. The van der Waals surface area contributed by atoms with Crippen molar-refractivity contribution in [3.05, 3.63) is 11.6 Å². The van der Waals surface area contributed by atoms with E-state index in [1.165, 1.54) is 20.8 Å². The van der Waals surface area contributed by atoms with Gasteiger partial charge in [-0.3, -0.25) is 9.59 Å². The van der Waals surface area contributed by atoms with Gasteiger partial charge in [0.25, 0.3) is 0 Å². The van der Waals surface area contributed by atoms with Crippen LogP contribution in [0.25, 0.3) is 0 Å². The molecule has 2 atom stereocenters. The first-order valence-electron chi connectivity index (χ1n) is 18.6. The Morgan fingerprint density at radius 2 is 0.925 bits per heavy atom. The minimum absolute atomic E-state index is 0. The number of carbonyl (C=O) groups is 4. The number of carbonyl (C=O) groups excluding carboxylic acids is 4. The molecule has 0 rings (SSSR count). The van der Waals surface area contributed by atoms with Crippen LogP contribution in [0.2, 0.25) is 0 Å². The standard InChI is InChI=1S/C6H14O2.C6H12O2.2C6H14O.C6H12O.C6H10O.C3H8O.C3H6O.H2O.2H2/c2*1-5(7)4-6(2,3)8;1-5(2)7-6(3)4;3*1-5(2)4-6(3)7;2*1-3(2)4;;;/h5,7-8H,4H2,1-3H3;8H,4H2,1-3H3;5-6H,1-4H3;5-7H,4H2,1-3H3;5H,4H2,1-3H3;4H,1-3H3;3-4H,1-2H3;1-2H3;1H2;2*1H/p-1. The predicted molar refractivity (Wildman–Crippen MR) is 227 cm³/mol. The summed E-state index contributed by atoms with van der Waals surface area (Å²) >= 11 is 0. The van der Waals surface area contributed by atoms with E-state index >= 15 is 0 Å². The minimum atomic E-state index is -0.828. The molecule has 0 aliphatic rings. The van der Waals surface area contributed by atoms with Crippen LogP contribution in [0.4, 0.5) is 0 Å². The average Bonchev–Trinajstić information content (AvgIpc) is 2.73. The summed E-state index contributed by atoms with van der Waals surface area (Å²) in [5.41, 5.74) is -0.493. The number of aliphatic hydroxyl groups is 5. The van der Waals surface area contributed by atoms with E-state index in [0.717, 1.165) is 18.4 Å². The van der Waals surface area contributed by atoms with E-state index < -0.39 is 17.3 Å². The molecule has 2 unspecified atom stereocenters. The number of hydrogen-bond acceptors (Lipinski definition) is 11. The molecular formula is C42H95O11-. The van der Waals surface area contributed by atoms with Gasteiger partial charge in [0.05, 0.1) is 35.6 Å². The summed E-state index contributed by atoms with van der Waals surface area (Å²) in [7, 11) is 0. The highest BCUT2D eigenvalue weighted by Crippen LogP contribution is 2.09. The maximum Gasteiger partial charge on any atom is 0.152 e. The minimum Gasteiger partial charge on any atom is -0.870 e. The predicted octanol–water partition coefficient (Wildman–Crippen LogP) is 8.96. The molecule has 0 saturated heterocycles. The maximum absolute atomic E-state index is 10.3. The van der Waals surface area contributed by atoms with Crippen molar-refractivity contribution in [3.63, 3.8) is 0 Å². The topological polar surface area (TPSA) is 209 Å². The van der Waals surface area contributed by atoms with Gasteiger partial charge in [-0.25, -0.2) is 0 Å². The normalized spacial score (nSPS) is 11.1. The van der Waals surface area contributed by atoms with E-state index in [9.17, 15) is 19.2 Å². The summed E-state index contributed by atoms with van der Waals surface area (Å²) in [6, 6.07) is 0. The Balaban J connectivity index is -0.0000000448. The van der Waals surface area contributed by atoms with Crippen molar-refractivity contribution in [1.29, 1.82) is 0 Å². The number of ketones is 4. The van der Waals surface area contributed by atoms with Crippen LogP contribution in [0.15, 0.2) is 11.6 Å². The van der Waals surface area contributed by atoms with Crippen LogP contribution in [0.1, 0.15) is 188 Å². The second-order valence-corrected chi connectivity index (χ2v) is 16.4. The number of allylic oxidation sites excluding steroid dienone is 2. The number of ether oxygens (including phenoxy) is 1. The lowest BCUT2D eigenvalue weighted by Crippen LogP contribution is -2.24. The molecule has 0 aromatic rings. The Morgan fingerprint density at radius 1 is 0.604 bits per heavy atom. The lowest BCUT2D eigenvalue weighted by molar-refractivity contribution is -0.121. The Kier molecular flexibility index (Phi) is 60.8. The fraction of sp³-hybridized carbons (Fsp3) is 0.857. The quantitative estimate of drug-likeness (QED) is 0.125. The van der Waals surface area contributed by atoms with Gasteiger partial charge in [0.2, 0.25) is 0 Å². The van der Waals surface area contributed by atoms with E-state index in [0.29, 0.717) is 30.5 Å². The largest absolute Gasteiger partial charge is 0.870 e. The zero-order chi connectivity index (χ0) is 44.2. The average molecular weight is 776 g/mol. The molecule has 53 heavy (non-hydrogen) atoms. The zero-order valence-electron chi connectivity index (χ0n) is 38.7. The first kappa shape index (κ1) is 72.4. The van der Waals surface area contributed by atoms with E-state index in [-0.39, 0.29) is 50.1 Å². The third-order valence-electron chi connectivity index (χ3n) is 4.02. The lowest BCUT2D eigenvalue weighted by atomic mass is 10.0. The molecule has 0 fully saturated rings. The molecule has 0 heterocycles. The van der Waals surface area contributed by atoms with Gasteiger partial charge in [0, 0.05) is 28.2 Å². The summed E-state index contributed by atoms with van der Waals surface area (Å²) in [6.45, 7) is 41.5. The fourth-order valence-corrected chi connectivity index (χ4v) is 3.54. The fourth-order valence-electron chi connectivity index (χ4n) is 3.54. The van der Waals surface area contributed by atoms with Crippen LogP contribution < -0.4 is 0 Å². The van der Waals surface area contributed by atoms with Crippen molar-refractivity contribution < 1.29 is 57.8 Å². The highest BCUT2D eigenvalue weighted by molar-refractivity contribution is 5.87. The van der Waals surface area contributed by atoms with Crippen molar-refractivity contribution >= 4 is 23.1 Å². The van der Waals surface area contributed by atoms with Crippen LogP contribution in [-0.2, 0) is 23.9 Å². The molecule has 0 bridgehead atoms. The first-order valence-corrected chi connectivity index (χ1v) is 18.6. The van der Waals surface area contributed by atoms with Crippen LogP contribution >= 0.6 is 0 Å². The molecule has 0 aliphatic heterocycles. The number of aliphatic hydroxyl groups excluding tert-OH is 3. The molecule has 6 N–H and O–H groups in total. The number of rotatable bonds is 11. The highest BCUT2D eigenvalue weighted by Gasteiger charge is 2.15. The monoisotopic (exact) mass is 776 g/mol. The van der Waals surface area contributed by atoms with Crippen molar-refractivity contribution in [2.24, 2.45) is 11.8 Å². The van der Waals surface area contributed by atoms with Gasteiger partial charge in [0.15, 0.2) is 5.78 Å². The number of hydrogen-bond donors (Lipinski definition) is 5. The third kappa shape index (κ3) is 199. The molecule has 11 heteroatoms. The highest BCUT2D eigenvalue weighted by atomic mass is 16.5. The summed E-state index contributed by atoms with van der Waals surface area (Å²) in [4.78, 5) is 40.2. The molecule has 0 radical (unpaired) electrons. The zero-order valence-corrected chi connectivity index (χ0v) is 38.7. The number of Topliss-reactive ketones (excluding diaryl/α,β-unsaturated/α-hetero) is 3. The van der Waals surface area contributed by atoms with Crippen molar-refractivity contribution in [2.75, 3.05) is 0 Å². The third-order valence-corrected chi connectivity index (χ3v) is 4.02. The van der Waals surface area contributed by atoms with Gasteiger partial charge in [0.1, 0.15) is 17.3 Å². The smallest absolute Gasteiger partial charge is 0.152 e. The Labute approximate surface area is 330 Å². The molecule has 0 aliphatic carbocycles. The van der Waals surface area contributed by atoms with Crippen LogP contribution in [0, 0.1) is 11.8 Å². The first-order chi connectivity index (χ1) is 22.8. The molecule has 11 nitrogen and oxygen atoms in total. The van der Waals surface area contributed by atoms with E-state index in [2.05, 4.69) is 13.8 Å². The van der Waals surface area contributed by atoms with Gasteiger partial charge in [-0.15, -0.1) is 0 Å². The van der Waals surface area contributed by atoms with Crippen molar-refractivity contribution in [3.8, 4) is 0 Å². The van der Waals surface area contributed by atoms with Crippen LogP contribution in [0.3, 0.4) is 0 Å². The van der Waals surface area contributed by atoms with Gasteiger partial charge in [-0.2, -0.15) is 0 Å². The summed E-state index contributed by atoms with van der Waals surface area (Å²) in [5, 5.41) is 43.5. The maximum atomic E-state index is 10.3. The van der Waals surface area contributed by atoms with Crippen LogP contribution in [0.5, 0.6) is 0 Å². The Bertz CT molecular complexity index is 818. The van der Waals surface area contributed by atoms with Gasteiger partial charge < -0.3 is 45.3 Å². The van der Waals surface area contributed by atoms with E-state index in [4.69, 9.17) is 30.3 Å². The molecule has 0 saturated carbocycles. The Morgan fingerprint density at radius 3 is 0.925 bits per heavy atom. The van der Waals surface area contributed by atoms with Gasteiger partial charge in [-0.1, -0.05) is 33.3 Å². The Hall–Kier alpha value is -1.86. The second-order valence-electron chi connectivity index (χ2n) is 16.4. The lowest BCUT2D eigenvalue weighted by Gasteiger charge is -2.17. The van der Waals surface area contributed by atoms with E-state index in [1.54, 1.807) is 68.4 Å². The SMILES string of the molecule is CC(=O)C=C(C)C.CC(=O)CC(C)(C)O.CC(=O)CC(C)C.CC(C)=O.CC(C)CC(C)O.CC(C)O.CC(C)OC(C)C.CC(O)CC(C)(C)O.[HH].[HH].[OH-]. The molecule has 0 amide bonds. The summed E-state index contributed by atoms with van der Waals surface area (Å²) in [6.07, 6.45) is 3.98. The molecule has 330 valence electrons. The summed E-state index contributed by atoms with van der Waals surface area (Å²) < 4.78 is 5.25. The van der Waals surface area contributed by atoms with Crippen molar-refractivity contribution in [2.45, 2.75) is 227 Å². The molecule has 0 spiro atoms. The van der Waals surface area contributed by atoms with E-state index in [1.807, 2.05) is 62.3 Å². The van der Waals surface area contributed by atoms with Gasteiger partial charge in [-0.05, 0) is 156 Å². The van der Waals surface area contributed by atoms with Crippen molar-refractivity contribution in [1.82, 2.24) is 0 Å². The molecular weight excluding hydrogens is 680 g/mol.